The minimum atomic E-state index is 0.184. The van der Waals surface area contributed by atoms with Gasteiger partial charge in [0.15, 0.2) is 0 Å². The Morgan fingerprint density at radius 1 is 1.62 bits per heavy atom. The quantitative estimate of drug-likeness (QED) is 0.670. The molecule has 0 saturated carbocycles. The van der Waals surface area contributed by atoms with Crippen molar-refractivity contribution in [2.75, 3.05) is 13.2 Å². The summed E-state index contributed by atoms with van der Waals surface area (Å²) in [4.78, 5) is 0. The van der Waals surface area contributed by atoms with Crippen LogP contribution in [-0.4, -0.2) is 28.0 Å². The lowest BCUT2D eigenvalue weighted by atomic mass is 10.3. The zero-order chi connectivity index (χ0) is 9.10. The number of nitrogens with zero attached hydrogens (tertiary/aromatic N) is 2. The van der Waals surface area contributed by atoms with Gasteiger partial charge in [0.05, 0.1) is 11.4 Å². The molecule has 0 aliphatic carbocycles. The molecule has 13 heavy (non-hydrogen) atoms. The van der Waals surface area contributed by atoms with Crippen molar-refractivity contribution in [1.82, 2.24) is 15.1 Å². The van der Waals surface area contributed by atoms with E-state index in [4.69, 9.17) is 5.11 Å². The van der Waals surface area contributed by atoms with Crippen molar-refractivity contribution in [1.29, 1.82) is 0 Å². The molecule has 1 aromatic rings. The van der Waals surface area contributed by atoms with Crippen LogP contribution in [0.1, 0.15) is 17.8 Å². The van der Waals surface area contributed by atoms with Crippen molar-refractivity contribution in [3.8, 4) is 0 Å². The number of aryl methyl sites for hydroxylation is 1. The van der Waals surface area contributed by atoms with Crippen LogP contribution in [0.3, 0.4) is 0 Å². The second-order valence-corrected chi connectivity index (χ2v) is 3.35. The molecule has 2 heterocycles. The predicted molar refractivity (Wildman–Crippen MR) is 49.3 cm³/mol. The van der Waals surface area contributed by atoms with Gasteiger partial charge in [-0.05, 0) is 19.0 Å². The normalized spacial score (nSPS) is 16.7. The van der Waals surface area contributed by atoms with Gasteiger partial charge in [0.1, 0.15) is 0 Å². The van der Waals surface area contributed by atoms with E-state index in [-0.39, 0.29) is 6.61 Å². The second kappa shape index (κ2) is 3.89. The van der Waals surface area contributed by atoms with E-state index >= 15 is 0 Å². The first-order chi connectivity index (χ1) is 6.40. The summed E-state index contributed by atoms with van der Waals surface area (Å²) in [6.45, 7) is 3.15. The molecule has 2 N–H and O–H groups in total. The van der Waals surface area contributed by atoms with E-state index in [0.29, 0.717) is 6.42 Å². The highest BCUT2D eigenvalue weighted by molar-refractivity contribution is 5.11. The number of aromatic nitrogens is 2. The molecule has 72 valence electrons. The summed E-state index contributed by atoms with van der Waals surface area (Å²) in [6, 6.07) is 2.08. The molecule has 0 amide bonds. The Hall–Kier alpha value is -0.870. The number of nitrogens with one attached hydrogen (secondary N) is 1. The first kappa shape index (κ1) is 8.72. The molecule has 0 atom stereocenters. The van der Waals surface area contributed by atoms with Gasteiger partial charge in [-0.3, -0.25) is 4.68 Å². The zero-order valence-corrected chi connectivity index (χ0v) is 7.66. The Balaban J connectivity index is 2.17. The summed E-state index contributed by atoms with van der Waals surface area (Å²) in [5.41, 5.74) is 2.24. The maximum Gasteiger partial charge on any atom is 0.0650 e. The number of aliphatic hydroxyl groups excluding tert-OH is 1. The van der Waals surface area contributed by atoms with Crippen LogP contribution in [0.2, 0.25) is 0 Å². The number of rotatable bonds is 2. The lowest BCUT2D eigenvalue weighted by molar-refractivity contribution is 0.297. The molecule has 2 rings (SSSR count). The van der Waals surface area contributed by atoms with E-state index in [1.807, 2.05) is 4.68 Å². The van der Waals surface area contributed by atoms with Crippen molar-refractivity contribution in [2.24, 2.45) is 0 Å². The third-order valence-corrected chi connectivity index (χ3v) is 2.31. The Labute approximate surface area is 77.6 Å². The Bertz CT molecular complexity index is 259. The van der Waals surface area contributed by atoms with E-state index in [1.54, 1.807) is 0 Å². The van der Waals surface area contributed by atoms with Gasteiger partial charge in [0.25, 0.3) is 0 Å². The first-order valence-corrected chi connectivity index (χ1v) is 4.77. The minimum Gasteiger partial charge on any atom is -0.396 e. The molecule has 0 radical (unpaired) electrons. The van der Waals surface area contributed by atoms with Crippen LogP contribution in [0.25, 0.3) is 0 Å². The van der Waals surface area contributed by atoms with E-state index in [1.165, 1.54) is 5.69 Å². The highest BCUT2D eigenvalue weighted by Crippen LogP contribution is 2.08. The summed E-state index contributed by atoms with van der Waals surface area (Å²) in [5, 5.41) is 16.5. The van der Waals surface area contributed by atoms with Crippen LogP contribution < -0.4 is 5.32 Å². The standard InChI is InChI=1S/C9H15N3O/c13-5-2-8-6-9-7-10-3-1-4-12(9)11-8/h6,10,13H,1-5,7H2. The SMILES string of the molecule is OCCc1cc2n(n1)CCCNC2. The molecule has 1 aromatic heterocycles. The molecular formula is C9H15N3O. The Morgan fingerprint density at radius 2 is 2.54 bits per heavy atom. The minimum absolute atomic E-state index is 0.184. The van der Waals surface area contributed by atoms with E-state index < -0.39 is 0 Å². The smallest absolute Gasteiger partial charge is 0.0650 e. The maximum atomic E-state index is 8.77. The third-order valence-electron chi connectivity index (χ3n) is 2.31. The van der Waals surface area contributed by atoms with E-state index in [2.05, 4.69) is 16.5 Å². The van der Waals surface area contributed by atoms with Gasteiger partial charge in [-0.2, -0.15) is 5.10 Å². The van der Waals surface area contributed by atoms with Crippen LogP contribution in [0.15, 0.2) is 6.07 Å². The molecule has 0 bridgehead atoms. The van der Waals surface area contributed by atoms with Crippen LogP contribution in [0.4, 0.5) is 0 Å². The lowest BCUT2D eigenvalue weighted by Crippen LogP contribution is -2.11. The molecule has 0 spiro atoms. The Kier molecular flexibility index (Phi) is 2.61. The molecule has 1 aliphatic heterocycles. The molecule has 0 aromatic carbocycles. The van der Waals surface area contributed by atoms with Gasteiger partial charge in [0.2, 0.25) is 0 Å². The van der Waals surface area contributed by atoms with Crippen molar-refractivity contribution in [3.63, 3.8) is 0 Å². The summed E-state index contributed by atoms with van der Waals surface area (Å²) in [5.74, 6) is 0. The molecule has 1 aliphatic rings. The predicted octanol–water partition coefficient (Wildman–Crippen LogP) is -0.0888. The van der Waals surface area contributed by atoms with Gasteiger partial charge >= 0.3 is 0 Å². The molecule has 0 unspecified atom stereocenters. The number of hydrogen-bond donors (Lipinski definition) is 2. The average molecular weight is 181 g/mol. The van der Waals surface area contributed by atoms with Crippen LogP contribution in [0, 0.1) is 0 Å². The second-order valence-electron chi connectivity index (χ2n) is 3.35. The van der Waals surface area contributed by atoms with Crippen LogP contribution in [0.5, 0.6) is 0 Å². The largest absolute Gasteiger partial charge is 0.396 e. The zero-order valence-electron chi connectivity index (χ0n) is 7.66. The summed E-state index contributed by atoms with van der Waals surface area (Å²) >= 11 is 0. The summed E-state index contributed by atoms with van der Waals surface area (Å²) < 4.78 is 2.05. The summed E-state index contributed by atoms with van der Waals surface area (Å²) in [7, 11) is 0. The van der Waals surface area contributed by atoms with Crippen LogP contribution >= 0.6 is 0 Å². The fourth-order valence-corrected chi connectivity index (χ4v) is 1.66. The van der Waals surface area contributed by atoms with Gasteiger partial charge in [-0.25, -0.2) is 0 Å². The summed E-state index contributed by atoms with van der Waals surface area (Å²) in [6.07, 6.45) is 1.80. The van der Waals surface area contributed by atoms with E-state index in [9.17, 15) is 0 Å². The highest BCUT2D eigenvalue weighted by atomic mass is 16.3. The molecule has 0 fully saturated rings. The molecule has 4 nitrogen and oxygen atoms in total. The maximum absolute atomic E-state index is 8.77. The van der Waals surface area contributed by atoms with Gasteiger partial charge < -0.3 is 10.4 Å². The number of fused-ring (bicyclic) bond motifs is 1. The van der Waals surface area contributed by atoms with Crippen molar-refractivity contribution in [3.05, 3.63) is 17.5 Å². The van der Waals surface area contributed by atoms with Crippen LogP contribution in [-0.2, 0) is 19.5 Å². The van der Waals surface area contributed by atoms with Crippen molar-refractivity contribution >= 4 is 0 Å². The van der Waals surface area contributed by atoms with Crippen molar-refractivity contribution < 1.29 is 5.11 Å². The fraction of sp³-hybridized carbons (Fsp3) is 0.667. The van der Waals surface area contributed by atoms with E-state index in [0.717, 1.165) is 31.7 Å². The topological polar surface area (TPSA) is 50.1 Å². The number of hydrogen-bond acceptors (Lipinski definition) is 3. The van der Waals surface area contributed by atoms with Gasteiger partial charge in [0, 0.05) is 26.1 Å². The van der Waals surface area contributed by atoms with Gasteiger partial charge in [-0.15, -0.1) is 0 Å². The third kappa shape index (κ3) is 1.89. The monoisotopic (exact) mass is 181 g/mol. The number of aliphatic hydroxyl groups is 1. The highest BCUT2D eigenvalue weighted by Gasteiger charge is 2.09. The fourth-order valence-electron chi connectivity index (χ4n) is 1.66. The average Bonchev–Trinajstić information content (AvgIpc) is 2.37. The Morgan fingerprint density at radius 3 is 3.38 bits per heavy atom. The molecule has 4 heteroatoms. The molecular weight excluding hydrogens is 166 g/mol. The van der Waals surface area contributed by atoms with Crippen molar-refractivity contribution in [2.45, 2.75) is 25.9 Å². The van der Waals surface area contributed by atoms with Gasteiger partial charge in [-0.1, -0.05) is 0 Å². The lowest BCUT2D eigenvalue weighted by Gasteiger charge is -1.98. The first-order valence-electron chi connectivity index (χ1n) is 4.77. The molecule has 0 saturated heterocycles.